The van der Waals surface area contributed by atoms with Crippen LogP contribution >= 0.6 is 0 Å². The number of nitrogens with zero attached hydrogens (tertiary/aromatic N) is 1. The molecule has 16 heavy (non-hydrogen) atoms. The van der Waals surface area contributed by atoms with Crippen molar-refractivity contribution in [1.29, 1.82) is 0 Å². The molecule has 0 unspecified atom stereocenters. The summed E-state index contributed by atoms with van der Waals surface area (Å²) in [6.45, 7) is 2.09. The predicted octanol–water partition coefficient (Wildman–Crippen LogP) is 0.800. The summed E-state index contributed by atoms with van der Waals surface area (Å²) in [6.07, 6.45) is 8.62. The summed E-state index contributed by atoms with van der Waals surface area (Å²) < 4.78 is 25.8. The number of terminal acetylenes is 1. The fraction of sp³-hybridized carbons (Fsp3) is 0.500. The molecule has 5 nitrogen and oxygen atoms in total. The molecule has 0 aliphatic heterocycles. The summed E-state index contributed by atoms with van der Waals surface area (Å²) in [5.74, 6) is 3.08. The highest BCUT2D eigenvalue weighted by Crippen LogP contribution is 2.04. The minimum absolute atomic E-state index is 0.0990. The molecule has 0 saturated heterocycles. The highest BCUT2D eigenvalue weighted by atomic mass is 32.2. The maximum Gasteiger partial charge on any atom is 0.257 e. The van der Waals surface area contributed by atoms with Gasteiger partial charge >= 0.3 is 0 Å². The molecule has 1 aromatic heterocycles. The van der Waals surface area contributed by atoms with E-state index in [1.807, 2.05) is 0 Å². The maximum absolute atomic E-state index is 11.7. The van der Waals surface area contributed by atoms with E-state index in [1.54, 1.807) is 6.92 Å². The monoisotopic (exact) mass is 241 g/mol. The molecule has 0 atom stereocenters. The number of hydrogen-bond donors (Lipinski definition) is 2. The van der Waals surface area contributed by atoms with Gasteiger partial charge in [-0.05, 0) is 19.8 Å². The number of nitrogens with one attached hydrogen (secondary N) is 2. The Morgan fingerprint density at radius 2 is 2.31 bits per heavy atom. The summed E-state index contributed by atoms with van der Waals surface area (Å²) in [5, 5.41) is 0.0990. The van der Waals surface area contributed by atoms with Crippen molar-refractivity contribution < 1.29 is 8.42 Å². The van der Waals surface area contributed by atoms with Gasteiger partial charge in [0.15, 0.2) is 5.03 Å². The van der Waals surface area contributed by atoms with E-state index in [4.69, 9.17) is 6.42 Å². The molecule has 0 saturated carbocycles. The Morgan fingerprint density at radius 1 is 1.56 bits per heavy atom. The Hall–Kier alpha value is -1.32. The molecule has 1 heterocycles. The van der Waals surface area contributed by atoms with Crippen LogP contribution in [0.2, 0.25) is 0 Å². The van der Waals surface area contributed by atoms with Crippen LogP contribution < -0.4 is 4.72 Å². The van der Waals surface area contributed by atoms with Crippen molar-refractivity contribution in [2.45, 2.75) is 31.2 Å². The standard InChI is InChI=1S/C10H15N3O2S/c1-3-4-5-6-7-12-16(14,15)10-8-11-9(2)13-10/h1,8,12H,4-7H2,2H3,(H,11,13). The van der Waals surface area contributed by atoms with Crippen LogP contribution in [0.15, 0.2) is 11.2 Å². The minimum Gasteiger partial charge on any atom is -0.332 e. The summed E-state index contributed by atoms with van der Waals surface area (Å²) in [5.41, 5.74) is 0. The number of unbranched alkanes of at least 4 members (excludes halogenated alkanes) is 2. The number of aromatic nitrogens is 2. The van der Waals surface area contributed by atoms with Crippen molar-refractivity contribution in [3.8, 4) is 12.3 Å². The van der Waals surface area contributed by atoms with E-state index in [2.05, 4.69) is 20.6 Å². The Balaban J connectivity index is 2.45. The second-order valence-electron chi connectivity index (χ2n) is 3.39. The summed E-state index contributed by atoms with van der Waals surface area (Å²) in [7, 11) is -3.45. The smallest absolute Gasteiger partial charge is 0.257 e. The van der Waals surface area contributed by atoms with Crippen LogP contribution in [-0.4, -0.2) is 24.9 Å². The molecule has 2 N–H and O–H groups in total. The molecule has 0 aromatic carbocycles. The van der Waals surface area contributed by atoms with E-state index in [0.29, 0.717) is 18.8 Å². The summed E-state index contributed by atoms with van der Waals surface area (Å²) >= 11 is 0. The minimum atomic E-state index is -3.45. The van der Waals surface area contributed by atoms with Gasteiger partial charge in [0.1, 0.15) is 5.82 Å². The van der Waals surface area contributed by atoms with Crippen LogP contribution in [0.25, 0.3) is 0 Å². The molecule has 1 rings (SSSR count). The van der Waals surface area contributed by atoms with Gasteiger partial charge in [0.25, 0.3) is 10.0 Å². The average Bonchev–Trinajstić information content (AvgIpc) is 2.65. The van der Waals surface area contributed by atoms with Gasteiger partial charge < -0.3 is 4.98 Å². The van der Waals surface area contributed by atoms with Crippen LogP contribution in [0.4, 0.5) is 0 Å². The molecule has 0 bridgehead atoms. The van der Waals surface area contributed by atoms with Crippen molar-refractivity contribution >= 4 is 10.0 Å². The highest BCUT2D eigenvalue weighted by molar-refractivity contribution is 7.89. The largest absolute Gasteiger partial charge is 0.332 e. The van der Waals surface area contributed by atoms with Gasteiger partial charge in [-0.15, -0.1) is 12.3 Å². The first-order valence-corrected chi connectivity index (χ1v) is 6.49. The topological polar surface area (TPSA) is 74.8 Å². The Kier molecular flexibility index (Phi) is 4.52. The third-order valence-electron chi connectivity index (χ3n) is 2.01. The first kappa shape index (κ1) is 12.7. The highest BCUT2D eigenvalue weighted by Gasteiger charge is 2.15. The van der Waals surface area contributed by atoms with Gasteiger partial charge in [0, 0.05) is 13.0 Å². The van der Waals surface area contributed by atoms with Gasteiger partial charge in [0.2, 0.25) is 0 Å². The lowest BCUT2D eigenvalue weighted by Gasteiger charge is -2.03. The van der Waals surface area contributed by atoms with E-state index in [9.17, 15) is 8.42 Å². The molecule has 0 aliphatic carbocycles. The number of imidazole rings is 1. The van der Waals surface area contributed by atoms with Crippen molar-refractivity contribution in [2.24, 2.45) is 0 Å². The number of H-pyrrole nitrogens is 1. The molecule has 0 spiro atoms. The number of rotatable bonds is 6. The van der Waals surface area contributed by atoms with Crippen LogP contribution in [0, 0.1) is 19.3 Å². The molecule has 0 fully saturated rings. The molecule has 0 radical (unpaired) electrons. The predicted molar refractivity (Wildman–Crippen MR) is 61.2 cm³/mol. The first-order valence-electron chi connectivity index (χ1n) is 5.01. The van der Waals surface area contributed by atoms with Gasteiger partial charge in [0.05, 0.1) is 6.20 Å². The summed E-state index contributed by atoms with van der Waals surface area (Å²) in [4.78, 5) is 6.51. The lowest BCUT2D eigenvalue weighted by Crippen LogP contribution is -2.25. The number of aryl methyl sites for hydroxylation is 1. The SMILES string of the molecule is C#CCCCCNS(=O)(=O)c1cnc(C)[nH]1. The average molecular weight is 241 g/mol. The van der Waals surface area contributed by atoms with Crippen LogP contribution in [0.3, 0.4) is 0 Å². The number of aromatic amines is 1. The van der Waals surface area contributed by atoms with Crippen molar-refractivity contribution in [3.05, 3.63) is 12.0 Å². The van der Waals surface area contributed by atoms with Gasteiger partial charge in [-0.25, -0.2) is 18.1 Å². The molecule has 0 aliphatic rings. The Morgan fingerprint density at radius 3 is 2.88 bits per heavy atom. The van der Waals surface area contributed by atoms with Crippen LogP contribution in [0.1, 0.15) is 25.1 Å². The fourth-order valence-corrected chi connectivity index (χ4v) is 2.21. The molecular weight excluding hydrogens is 226 g/mol. The van der Waals surface area contributed by atoms with E-state index in [0.717, 1.165) is 12.8 Å². The number of sulfonamides is 1. The zero-order chi connectivity index (χ0) is 12.0. The van der Waals surface area contributed by atoms with Crippen molar-refractivity contribution in [1.82, 2.24) is 14.7 Å². The van der Waals surface area contributed by atoms with E-state index < -0.39 is 10.0 Å². The molecule has 88 valence electrons. The molecule has 6 heteroatoms. The fourth-order valence-electron chi connectivity index (χ4n) is 1.17. The first-order chi connectivity index (χ1) is 7.56. The van der Waals surface area contributed by atoms with Gasteiger partial charge in [-0.3, -0.25) is 0 Å². The second-order valence-corrected chi connectivity index (χ2v) is 5.13. The number of hydrogen-bond acceptors (Lipinski definition) is 3. The molecular formula is C10H15N3O2S. The Labute approximate surface area is 95.7 Å². The van der Waals surface area contributed by atoms with E-state index >= 15 is 0 Å². The van der Waals surface area contributed by atoms with Gasteiger partial charge in [-0.1, -0.05) is 0 Å². The maximum atomic E-state index is 11.7. The molecule has 0 amide bonds. The lowest BCUT2D eigenvalue weighted by atomic mass is 10.2. The van der Waals surface area contributed by atoms with Crippen LogP contribution in [0.5, 0.6) is 0 Å². The van der Waals surface area contributed by atoms with Gasteiger partial charge in [-0.2, -0.15) is 0 Å². The van der Waals surface area contributed by atoms with Crippen molar-refractivity contribution in [3.63, 3.8) is 0 Å². The lowest BCUT2D eigenvalue weighted by molar-refractivity contribution is 0.574. The zero-order valence-electron chi connectivity index (χ0n) is 9.16. The van der Waals surface area contributed by atoms with Crippen LogP contribution in [-0.2, 0) is 10.0 Å². The third-order valence-corrected chi connectivity index (χ3v) is 3.38. The molecule has 1 aromatic rings. The Bertz CT molecular complexity index is 470. The van der Waals surface area contributed by atoms with E-state index in [-0.39, 0.29) is 5.03 Å². The zero-order valence-corrected chi connectivity index (χ0v) is 9.97. The quantitative estimate of drug-likeness (QED) is 0.571. The van der Waals surface area contributed by atoms with E-state index in [1.165, 1.54) is 6.20 Å². The summed E-state index contributed by atoms with van der Waals surface area (Å²) in [6, 6.07) is 0. The van der Waals surface area contributed by atoms with Crippen molar-refractivity contribution in [2.75, 3.05) is 6.54 Å². The normalized spacial score (nSPS) is 11.2. The third kappa shape index (κ3) is 3.68. The second kappa shape index (κ2) is 5.68.